The number of rotatable bonds is 5. The predicted molar refractivity (Wildman–Crippen MR) is 70.3 cm³/mol. The maximum atomic E-state index is 5.80. The Kier molecular flexibility index (Phi) is 5.58. The Balaban J connectivity index is 2.43. The number of hydrogen-bond donors (Lipinski definition) is 0. The van der Waals surface area contributed by atoms with Crippen molar-refractivity contribution in [3.8, 4) is 0 Å². The molecular formula is C15H20O. The Bertz CT molecular complexity index is 309. The highest BCUT2D eigenvalue weighted by Gasteiger charge is 2.17. The van der Waals surface area contributed by atoms with Gasteiger partial charge < -0.3 is 4.74 Å². The lowest BCUT2D eigenvalue weighted by Gasteiger charge is -2.26. The third-order valence-corrected chi connectivity index (χ3v) is 2.56. The van der Waals surface area contributed by atoms with E-state index in [2.05, 4.69) is 25.8 Å². The lowest BCUT2D eigenvalue weighted by Crippen LogP contribution is -2.24. The number of ether oxygens (including phenoxy) is 1. The van der Waals surface area contributed by atoms with Crippen molar-refractivity contribution in [2.75, 3.05) is 0 Å². The van der Waals surface area contributed by atoms with Gasteiger partial charge in [0.1, 0.15) is 0 Å². The monoisotopic (exact) mass is 216 g/mol. The quantitative estimate of drug-likeness (QED) is 0.499. The molecule has 0 spiro atoms. The lowest BCUT2D eigenvalue weighted by atomic mass is 10.0. The average Bonchev–Trinajstić information content (AvgIpc) is 2.34. The molecule has 1 nitrogen and oxygen atoms in total. The molecule has 0 radical (unpaired) electrons. The number of allylic oxidation sites excluding steroid dienone is 5. The van der Waals surface area contributed by atoms with Gasteiger partial charge in [0.2, 0.25) is 0 Å². The van der Waals surface area contributed by atoms with E-state index in [-0.39, 0.29) is 12.2 Å². The van der Waals surface area contributed by atoms with Gasteiger partial charge in [-0.1, -0.05) is 49.6 Å². The fraction of sp³-hybridized carbons (Fsp3) is 0.333. The van der Waals surface area contributed by atoms with Crippen molar-refractivity contribution in [2.24, 2.45) is 0 Å². The second-order valence-corrected chi connectivity index (χ2v) is 3.91. The summed E-state index contributed by atoms with van der Waals surface area (Å²) in [7, 11) is 0. The molecule has 1 aliphatic heterocycles. The molecule has 1 fully saturated rings. The van der Waals surface area contributed by atoms with Crippen molar-refractivity contribution in [1.29, 1.82) is 0 Å². The summed E-state index contributed by atoms with van der Waals surface area (Å²) in [4.78, 5) is 0. The molecule has 0 amide bonds. The molecule has 1 aliphatic rings. The van der Waals surface area contributed by atoms with Crippen molar-refractivity contribution >= 4 is 0 Å². The summed E-state index contributed by atoms with van der Waals surface area (Å²) in [6.45, 7) is 11.3. The zero-order valence-corrected chi connectivity index (χ0v) is 9.77. The predicted octanol–water partition coefficient (Wildman–Crippen LogP) is 3.96. The molecule has 2 atom stereocenters. The van der Waals surface area contributed by atoms with Gasteiger partial charge in [-0.3, -0.25) is 0 Å². The van der Waals surface area contributed by atoms with E-state index in [0.717, 1.165) is 18.4 Å². The zero-order chi connectivity index (χ0) is 11.8. The van der Waals surface area contributed by atoms with Crippen LogP contribution in [0.25, 0.3) is 0 Å². The zero-order valence-electron chi connectivity index (χ0n) is 9.77. The molecule has 0 aromatic heterocycles. The SMILES string of the molecule is C=C/C=C\C(=C)/C=C\C1CCCC(C=C)O1. The van der Waals surface area contributed by atoms with Crippen molar-refractivity contribution in [2.45, 2.75) is 31.5 Å². The molecule has 1 heteroatoms. The molecule has 0 N–H and O–H groups in total. The topological polar surface area (TPSA) is 9.23 Å². The fourth-order valence-corrected chi connectivity index (χ4v) is 1.67. The van der Waals surface area contributed by atoms with Gasteiger partial charge in [-0.2, -0.15) is 0 Å². The molecule has 0 saturated carbocycles. The third kappa shape index (κ3) is 4.45. The second-order valence-electron chi connectivity index (χ2n) is 3.91. The van der Waals surface area contributed by atoms with E-state index >= 15 is 0 Å². The van der Waals surface area contributed by atoms with Gasteiger partial charge in [0.05, 0.1) is 12.2 Å². The van der Waals surface area contributed by atoms with E-state index in [4.69, 9.17) is 4.74 Å². The van der Waals surface area contributed by atoms with E-state index in [9.17, 15) is 0 Å². The molecule has 0 bridgehead atoms. The van der Waals surface area contributed by atoms with E-state index in [1.807, 2.05) is 24.3 Å². The van der Waals surface area contributed by atoms with Crippen LogP contribution in [0.2, 0.25) is 0 Å². The van der Waals surface area contributed by atoms with Crippen LogP contribution in [-0.2, 0) is 4.74 Å². The first kappa shape index (κ1) is 12.7. The molecular weight excluding hydrogens is 196 g/mol. The normalized spacial score (nSPS) is 26.0. The molecule has 1 saturated heterocycles. The minimum atomic E-state index is 0.200. The van der Waals surface area contributed by atoms with E-state index in [1.54, 1.807) is 6.08 Å². The summed E-state index contributed by atoms with van der Waals surface area (Å²) in [6.07, 6.45) is 15.3. The Hall–Kier alpha value is -1.34. The van der Waals surface area contributed by atoms with Gasteiger partial charge in [0.25, 0.3) is 0 Å². The number of hydrogen-bond acceptors (Lipinski definition) is 1. The molecule has 0 aliphatic carbocycles. The van der Waals surface area contributed by atoms with Crippen LogP contribution in [0.3, 0.4) is 0 Å². The minimum Gasteiger partial charge on any atom is -0.367 e. The minimum absolute atomic E-state index is 0.200. The van der Waals surface area contributed by atoms with Crippen LogP contribution in [-0.4, -0.2) is 12.2 Å². The largest absolute Gasteiger partial charge is 0.367 e. The van der Waals surface area contributed by atoms with E-state index in [0.29, 0.717) is 0 Å². The highest BCUT2D eigenvalue weighted by Crippen LogP contribution is 2.20. The maximum absolute atomic E-state index is 5.80. The summed E-state index contributed by atoms with van der Waals surface area (Å²) in [6, 6.07) is 0. The van der Waals surface area contributed by atoms with Crippen LogP contribution in [0.15, 0.2) is 61.8 Å². The van der Waals surface area contributed by atoms with Gasteiger partial charge in [-0.05, 0) is 24.8 Å². The lowest BCUT2D eigenvalue weighted by molar-refractivity contribution is 0.00210. The van der Waals surface area contributed by atoms with Crippen LogP contribution in [0.4, 0.5) is 0 Å². The first-order valence-electron chi connectivity index (χ1n) is 5.70. The van der Waals surface area contributed by atoms with E-state index < -0.39 is 0 Å². The van der Waals surface area contributed by atoms with Crippen molar-refractivity contribution in [3.63, 3.8) is 0 Å². The van der Waals surface area contributed by atoms with Gasteiger partial charge in [0, 0.05) is 0 Å². The van der Waals surface area contributed by atoms with Gasteiger partial charge in [0.15, 0.2) is 0 Å². The summed E-state index contributed by atoms with van der Waals surface area (Å²) >= 11 is 0. The van der Waals surface area contributed by atoms with Gasteiger partial charge in [-0.15, -0.1) is 6.58 Å². The maximum Gasteiger partial charge on any atom is 0.0767 e. The van der Waals surface area contributed by atoms with Crippen molar-refractivity contribution in [1.82, 2.24) is 0 Å². The molecule has 1 rings (SSSR count). The smallest absolute Gasteiger partial charge is 0.0767 e. The molecule has 0 aromatic rings. The molecule has 86 valence electrons. The fourth-order valence-electron chi connectivity index (χ4n) is 1.67. The van der Waals surface area contributed by atoms with Gasteiger partial charge in [-0.25, -0.2) is 0 Å². The third-order valence-electron chi connectivity index (χ3n) is 2.56. The molecule has 16 heavy (non-hydrogen) atoms. The molecule has 1 heterocycles. The molecule has 0 aromatic carbocycles. The van der Waals surface area contributed by atoms with Crippen molar-refractivity contribution in [3.05, 3.63) is 61.8 Å². The Morgan fingerprint density at radius 3 is 2.56 bits per heavy atom. The van der Waals surface area contributed by atoms with Crippen LogP contribution in [0.1, 0.15) is 19.3 Å². The molecule has 2 unspecified atom stereocenters. The summed E-state index contributed by atoms with van der Waals surface area (Å²) in [5.74, 6) is 0. The Morgan fingerprint density at radius 2 is 1.88 bits per heavy atom. The average molecular weight is 216 g/mol. The Labute approximate surface area is 98.5 Å². The highest BCUT2D eigenvalue weighted by molar-refractivity contribution is 5.29. The summed E-state index contributed by atoms with van der Waals surface area (Å²) in [5.41, 5.74) is 0.962. The van der Waals surface area contributed by atoms with E-state index in [1.165, 1.54) is 6.42 Å². The summed E-state index contributed by atoms with van der Waals surface area (Å²) < 4.78 is 5.80. The van der Waals surface area contributed by atoms with Crippen LogP contribution < -0.4 is 0 Å². The highest BCUT2D eigenvalue weighted by atomic mass is 16.5. The van der Waals surface area contributed by atoms with Crippen LogP contribution in [0.5, 0.6) is 0 Å². The van der Waals surface area contributed by atoms with Crippen LogP contribution in [0, 0.1) is 0 Å². The second kappa shape index (κ2) is 7.02. The van der Waals surface area contributed by atoms with Gasteiger partial charge >= 0.3 is 0 Å². The van der Waals surface area contributed by atoms with Crippen molar-refractivity contribution < 1.29 is 4.74 Å². The first-order chi connectivity index (χ1) is 7.76. The Morgan fingerprint density at radius 1 is 1.12 bits per heavy atom. The summed E-state index contributed by atoms with van der Waals surface area (Å²) in [5, 5.41) is 0. The standard InChI is InChI=1S/C15H20O/c1-4-6-8-13(3)11-12-15-10-7-9-14(5-2)16-15/h4-6,8,11-12,14-15H,1-3,7,9-10H2/b8-6-,12-11-. The van der Waals surface area contributed by atoms with Crippen LogP contribution >= 0.6 is 0 Å². The first-order valence-corrected chi connectivity index (χ1v) is 5.70.